The van der Waals surface area contributed by atoms with Crippen molar-refractivity contribution in [3.8, 4) is 5.75 Å². The van der Waals surface area contributed by atoms with E-state index < -0.39 is 6.10 Å². The molecule has 0 aliphatic rings. The molecule has 0 fully saturated rings. The molecule has 7 heteroatoms. The van der Waals surface area contributed by atoms with Crippen molar-refractivity contribution in [3.05, 3.63) is 34.8 Å². The second-order valence-corrected chi connectivity index (χ2v) is 6.83. The summed E-state index contributed by atoms with van der Waals surface area (Å²) in [4.78, 5) is 0. The molecule has 1 N–H and O–H groups in total. The van der Waals surface area contributed by atoms with Crippen LogP contribution in [0.2, 0.25) is 0 Å². The Labute approximate surface area is 132 Å². The highest BCUT2D eigenvalue weighted by molar-refractivity contribution is 8.01. The van der Waals surface area contributed by atoms with E-state index in [-0.39, 0.29) is 6.61 Å². The molecule has 1 aromatic heterocycles. The van der Waals surface area contributed by atoms with Crippen LogP contribution in [0.4, 0.5) is 0 Å². The van der Waals surface area contributed by atoms with Crippen molar-refractivity contribution in [1.82, 2.24) is 10.2 Å². The maximum atomic E-state index is 9.90. The van der Waals surface area contributed by atoms with Gasteiger partial charge >= 0.3 is 0 Å². The van der Waals surface area contributed by atoms with Gasteiger partial charge in [0.15, 0.2) is 4.34 Å². The highest BCUT2D eigenvalue weighted by Crippen LogP contribution is 2.23. The van der Waals surface area contributed by atoms with Crippen LogP contribution in [0.1, 0.15) is 10.6 Å². The quantitative estimate of drug-likeness (QED) is 0.752. The van der Waals surface area contributed by atoms with Crippen molar-refractivity contribution >= 4 is 23.1 Å². The third kappa shape index (κ3) is 5.28. The predicted octanol–water partition coefficient (Wildman–Crippen LogP) is 2.52. The molecule has 2 aromatic rings. The molecule has 0 saturated heterocycles. The first-order chi connectivity index (χ1) is 10.2. The molecule has 5 nitrogen and oxygen atoms in total. The fourth-order valence-corrected chi connectivity index (χ4v) is 3.43. The SMILES string of the molecule is COc1ccccc1COCC(O)CSc1nnc(C)s1. The molecule has 0 bridgehead atoms. The Hall–Kier alpha value is -1.15. The normalized spacial score (nSPS) is 12.3. The predicted molar refractivity (Wildman–Crippen MR) is 84.0 cm³/mol. The lowest BCUT2D eigenvalue weighted by atomic mass is 10.2. The molecular formula is C14H18N2O3S2. The van der Waals surface area contributed by atoms with E-state index in [1.54, 1.807) is 7.11 Å². The van der Waals surface area contributed by atoms with Crippen LogP contribution in [0.15, 0.2) is 28.6 Å². The van der Waals surface area contributed by atoms with Crippen LogP contribution in [0.5, 0.6) is 5.75 Å². The number of aromatic nitrogens is 2. The number of thioether (sulfide) groups is 1. The fourth-order valence-electron chi connectivity index (χ4n) is 1.68. The Morgan fingerprint density at radius 1 is 1.33 bits per heavy atom. The molecule has 2 rings (SSSR count). The first-order valence-electron chi connectivity index (χ1n) is 6.49. The van der Waals surface area contributed by atoms with Crippen LogP contribution in [0, 0.1) is 6.92 Å². The summed E-state index contributed by atoms with van der Waals surface area (Å²) in [5.74, 6) is 1.34. The lowest BCUT2D eigenvalue weighted by Crippen LogP contribution is -2.18. The third-order valence-corrected chi connectivity index (χ3v) is 4.78. The summed E-state index contributed by atoms with van der Waals surface area (Å²) in [6.07, 6.45) is -0.533. The Morgan fingerprint density at radius 2 is 2.14 bits per heavy atom. The molecule has 114 valence electrons. The summed E-state index contributed by atoms with van der Waals surface area (Å²) in [6.45, 7) is 2.61. The van der Waals surface area contributed by atoms with Gasteiger partial charge in [0, 0.05) is 11.3 Å². The van der Waals surface area contributed by atoms with E-state index in [1.165, 1.54) is 23.1 Å². The summed E-state index contributed by atoms with van der Waals surface area (Å²) in [6, 6.07) is 7.69. The lowest BCUT2D eigenvalue weighted by molar-refractivity contribution is 0.0390. The minimum atomic E-state index is -0.533. The summed E-state index contributed by atoms with van der Waals surface area (Å²) in [5.41, 5.74) is 0.972. The van der Waals surface area contributed by atoms with Crippen LogP contribution in [-0.2, 0) is 11.3 Å². The van der Waals surface area contributed by atoms with Gasteiger partial charge in [0.2, 0.25) is 0 Å². The second-order valence-electron chi connectivity index (χ2n) is 4.38. The van der Waals surface area contributed by atoms with Crippen LogP contribution in [0.3, 0.4) is 0 Å². The van der Waals surface area contributed by atoms with Crippen molar-refractivity contribution in [1.29, 1.82) is 0 Å². The van der Waals surface area contributed by atoms with Gasteiger partial charge in [-0.2, -0.15) is 0 Å². The van der Waals surface area contributed by atoms with Crippen molar-refractivity contribution in [3.63, 3.8) is 0 Å². The number of ether oxygens (including phenoxy) is 2. The maximum Gasteiger partial charge on any atom is 0.174 e. The summed E-state index contributed by atoms with van der Waals surface area (Å²) >= 11 is 3.02. The van der Waals surface area contributed by atoms with E-state index in [4.69, 9.17) is 9.47 Å². The smallest absolute Gasteiger partial charge is 0.174 e. The first kappa shape index (κ1) is 16.2. The van der Waals surface area contributed by atoms with Crippen molar-refractivity contribution in [2.75, 3.05) is 19.5 Å². The average Bonchev–Trinajstić information content (AvgIpc) is 2.91. The van der Waals surface area contributed by atoms with E-state index >= 15 is 0 Å². The second kappa shape index (κ2) is 8.33. The largest absolute Gasteiger partial charge is 0.496 e. The molecule has 1 atom stereocenters. The third-order valence-electron chi connectivity index (χ3n) is 2.67. The van der Waals surface area contributed by atoms with E-state index in [2.05, 4.69) is 10.2 Å². The van der Waals surface area contributed by atoms with Crippen LogP contribution in [-0.4, -0.2) is 40.9 Å². The lowest BCUT2D eigenvalue weighted by Gasteiger charge is -2.12. The number of aliphatic hydroxyl groups excluding tert-OH is 1. The molecule has 1 heterocycles. The van der Waals surface area contributed by atoms with Gasteiger partial charge in [-0.1, -0.05) is 41.3 Å². The Morgan fingerprint density at radius 3 is 2.86 bits per heavy atom. The zero-order valence-electron chi connectivity index (χ0n) is 12.0. The number of para-hydroxylation sites is 1. The molecule has 0 radical (unpaired) electrons. The van der Waals surface area contributed by atoms with E-state index in [0.717, 1.165) is 20.7 Å². The molecule has 0 aliphatic heterocycles. The number of rotatable bonds is 8. The maximum absolute atomic E-state index is 9.90. The molecular weight excluding hydrogens is 308 g/mol. The number of aliphatic hydroxyl groups is 1. The van der Waals surface area contributed by atoms with E-state index in [1.807, 2.05) is 31.2 Å². The van der Waals surface area contributed by atoms with Gasteiger partial charge < -0.3 is 14.6 Å². The Kier molecular flexibility index (Phi) is 6.44. The minimum absolute atomic E-state index is 0.281. The van der Waals surface area contributed by atoms with Crippen molar-refractivity contribution < 1.29 is 14.6 Å². The highest BCUT2D eigenvalue weighted by atomic mass is 32.2. The number of hydrogen-bond acceptors (Lipinski definition) is 7. The minimum Gasteiger partial charge on any atom is -0.496 e. The monoisotopic (exact) mass is 326 g/mol. The molecule has 0 aliphatic carbocycles. The number of aryl methyl sites for hydroxylation is 1. The average molecular weight is 326 g/mol. The van der Waals surface area contributed by atoms with Crippen LogP contribution in [0.25, 0.3) is 0 Å². The number of methoxy groups -OCH3 is 1. The molecule has 0 spiro atoms. The van der Waals surface area contributed by atoms with Gasteiger partial charge in [0.1, 0.15) is 10.8 Å². The zero-order chi connectivity index (χ0) is 15.1. The number of benzene rings is 1. The van der Waals surface area contributed by atoms with Crippen molar-refractivity contribution in [2.24, 2.45) is 0 Å². The molecule has 0 saturated carbocycles. The summed E-state index contributed by atoms with van der Waals surface area (Å²) < 4.78 is 11.7. The first-order valence-corrected chi connectivity index (χ1v) is 8.30. The molecule has 1 unspecified atom stereocenters. The van der Waals surface area contributed by atoms with Gasteiger partial charge in [-0.05, 0) is 13.0 Å². The Bertz CT molecular complexity index is 563. The molecule has 21 heavy (non-hydrogen) atoms. The highest BCUT2D eigenvalue weighted by Gasteiger charge is 2.09. The summed E-state index contributed by atoms with van der Waals surface area (Å²) in [7, 11) is 1.63. The van der Waals surface area contributed by atoms with Crippen molar-refractivity contribution in [2.45, 2.75) is 24.0 Å². The van der Waals surface area contributed by atoms with Gasteiger partial charge in [0.05, 0.1) is 26.4 Å². The van der Waals surface area contributed by atoms with Gasteiger partial charge in [-0.15, -0.1) is 10.2 Å². The fraction of sp³-hybridized carbons (Fsp3) is 0.429. The molecule has 1 aromatic carbocycles. The zero-order valence-corrected chi connectivity index (χ0v) is 13.6. The van der Waals surface area contributed by atoms with Gasteiger partial charge in [0.25, 0.3) is 0 Å². The topological polar surface area (TPSA) is 64.5 Å². The van der Waals surface area contributed by atoms with Gasteiger partial charge in [-0.3, -0.25) is 0 Å². The van der Waals surface area contributed by atoms with Gasteiger partial charge in [-0.25, -0.2) is 0 Å². The number of nitrogens with zero attached hydrogens (tertiary/aromatic N) is 2. The van der Waals surface area contributed by atoms with E-state index in [0.29, 0.717) is 12.4 Å². The number of hydrogen-bond donors (Lipinski definition) is 1. The summed E-state index contributed by atoms with van der Waals surface area (Å²) in [5, 5.41) is 18.8. The molecule has 0 amide bonds. The van der Waals surface area contributed by atoms with E-state index in [9.17, 15) is 5.11 Å². The van der Waals surface area contributed by atoms with Crippen LogP contribution < -0.4 is 4.74 Å². The van der Waals surface area contributed by atoms with Crippen LogP contribution >= 0.6 is 23.1 Å². The standard InChI is InChI=1S/C14H18N2O3S2/c1-10-15-16-14(21-10)20-9-12(17)8-19-7-11-5-3-4-6-13(11)18-2/h3-6,12,17H,7-9H2,1-2H3. The Balaban J connectivity index is 1.70.